The Hall–Kier alpha value is -1.59. The van der Waals surface area contributed by atoms with Crippen LogP contribution in [0.25, 0.3) is 0 Å². The van der Waals surface area contributed by atoms with Crippen molar-refractivity contribution in [2.75, 3.05) is 26.2 Å². The third-order valence-corrected chi connectivity index (χ3v) is 5.95. The van der Waals surface area contributed by atoms with Crippen molar-refractivity contribution in [3.63, 3.8) is 0 Å². The molecule has 170 valence electrons. The molecule has 2 aromatic rings. The van der Waals surface area contributed by atoms with Gasteiger partial charge in [-0.25, -0.2) is 4.99 Å². The van der Waals surface area contributed by atoms with Gasteiger partial charge >= 0.3 is 0 Å². The molecule has 2 aliphatic rings. The van der Waals surface area contributed by atoms with Gasteiger partial charge in [0, 0.05) is 33.2 Å². The van der Waals surface area contributed by atoms with E-state index < -0.39 is 0 Å². The molecule has 2 atom stereocenters. The summed E-state index contributed by atoms with van der Waals surface area (Å²) in [5.41, 5.74) is 0. The van der Waals surface area contributed by atoms with Crippen LogP contribution in [0.4, 0.5) is 0 Å². The molecule has 2 saturated heterocycles. The van der Waals surface area contributed by atoms with Crippen LogP contribution >= 0.6 is 35.6 Å². The van der Waals surface area contributed by atoms with Crippen LogP contribution in [0.5, 0.6) is 5.75 Å². The number of halogens is 2. The van der Waals surface area contributed by atoms with E-state index in [4.69, 9.17) is 26.1 Å². The number of hydrogen-bond acceptors (Lipinski definition) is 5. The van der Waals surface area contributed by atoms with Gasteiger partial charge in [0.1, 0.15) is 24.2 Å². The number of likely N-dealkylation sites (tertiary alicyclic amines) is 1. The molecule has 0 aliphatic carbocycles. The molecule has 10 heteroatoms. The Balaban J connectivity index is 0.00000272. The molecule has 4 rings (SSSR count). The van der Waals surface area contributed by atoms with Gasteiger partial charge in [0.25, 0.3) is 0 Å². The Kier molecular flexibility index (Phi) is 8.79. The maximum atomic E-state index is 6.25. The molecule has 2 fully saturated rings. The SMILES string of the molecule is Cc1nnc(CN=C(NCC2CCCO2)N2CCC(Oc3ccccc3Cl)C2)n1C.I. The van der Waals surface area contributed by atoms with Crippen LogP contribution in [0, 0.1) is 6.92 Å². The summed E-state index contributed by atoms with van der Waals surface area (Å²) < 4.78 is 13.9. The van der Waals surface area contributed by atoms with Gasteiger partial charge in [-0.2, -0.15) is 0 Å². The first-order valence-corrected chi connectivity index (χ1v) is 10.9. The largest absolute Gasteiger partial charge is 0.487 e. The van der Waals surface area contributed by atoms with Crippen molar-refractivity contribution in [3.8, 4) is 5.75 Å². The van der Waals surface area contributed by atoms with E-state index in [9.17, 15) is 0 Å². The first-order chi connectivity index (χ1) is 14.6. The highest BCUT2D eigenvalue weighted by atomic mass is 127. The number of rotatable bonds is 6. The number of aromatic nitrogens is 3. The first-order valence-electron chi connectivity index (χ1n) is 10.5. The average Bonchev–Trinajstić information content (AvgIpc) is 3.49. The van der Waals surface area contributed by atoms with E-state index in [1.807, 2.05) is 42.8 Å². The summed E-state index contributed by atoms with van der Waals surface area (Å²) in [6.45, 7) is 5.62. The summed E-state index contributed by atoms with van der Waals surface area (Å²) in [6, 6.07) is 7.60. The van der Waals surface area contributed by atoms with Crippen molar-refractivity contribution in [1.29, 1.82) is 0 Å². The Labute approximate surface area is 205 Å². The third-order valence-electron chi connectivity index (χ3n) is 5.64. The summed E-state index contributed by atoms with van der Waals surface area (Å²) in [6.07, 6.45) is 3.42. The van der Waals surface area contributed by atoms with Crippen molar-refractivity contribution in [2.24, 2.45) is 12.0 Å². The van der Waals surface area contributed by atoms with Crippen LogP contribution in [0.1, 0.15) is 30.9 Å². The lowest BCUT2D eigenvalue weighted by molar-refractivity contribution is 0.113. The van der Waals surface area contributed by atoms with Crippen LogP contribution in [0.2, 0.25) is 5.02 Å². The molecule has 1 aromatic carbocycles. The highest BCUT2D eigenvalue weighted by molar-refractivity contribution is 14.0. The molecule has 31 heavy (non-hydrogen) atoms. The molecule has 0 amide bonds. The minimum absolute atomic E-state index is 0. The van der Waals surface area contributed by atoms with Crippen LogP contribution in [-0.4, -0.2) is 64.1 Å². The maximum absolute atomic E-state index is 6.25. The molecule has 2 unspecified atom stereocenters. The van der Waals surface area contributed by atoms with Crippen LogP contribution < -0.4 is 10.1 Å². The van der Waals surface area contributed by atoms with E-state index in [1.165, 1.54) is 0 Å². The number of aryl methyl sites for hydroxylation is 1. The minimum Gasteiger partial charge on any atom is -0.487 e. The van der Waals surface area contributed by atoms with E-state index in [0.29, 0.717) is 11.6 Å². The van der Waals surface area contributed by atoms with E-state index in [0.717, 1.165) is 68.9 Å². The van der Waals surface area contributed by atoms with Gasteiger partial charge in [-0.05, 0) is 31.9 Å². The zero-order valence-corrected chi connectivity index (χ0v) is 21.0. The lowest BCUT2D eigenvalue weighted by Gasteiger charge is -2.23. The molecule has 1 aromatic heterocycles. The fourth-order valence-electron chi connectivity index (χ4n) is 3.75. The van der Waals surface area contributed by atoms with Crippen LogP contribution in [0.15, 0.2) is 29.3 Å². The Morgan fingerprint density at radius 3 is 2.87 bits per heavy atom. The second-order valence-electron chi connectivity index (χ2n) is 7.78. The number of guanidine groups is 1. The normalized spacial score (nSPS) is 21.3. The van der Waals surface area contributed by atoms with Gasteiger partial charge in [-0.15, -0.1) is 34.2 Å². The van der Waals surface area contributed by atoms with Crippen molar-refractivity contribution >= 4 is 41.5 Å². The molecule has 0 bridgehead atoms. The Morgan fingerprint density at radius 2 is 2.16 bits per heavy atom. The first kappa shape index (κ1) is 24.1. The summed E-state index contributed by atoms with van der Waals surface area (Å²) in [7, 11) is 1.96. The maximum Gasteiger partial charge on any atom is 0.194 e. The summed E-state index contributed by atoms with van der Waals surface area (Å²) in [5, 5.41) is 12.5. The molecule has 0 saturated carbocycles. The van der Waals surface area contributed by atoms with Crippen molar-refractivity contribution in [3.05, 3.63) is 40.9 Å². The van der Waals surface area contributed by atoms with E-state index >= 15 is 0 Å². The molecule has 3 heterocycles. The number of nitrogens with one attached hydrogen (secondary N) is 1. The molecule has 0 spiro atoms. The molecule has 8 nitrogen and oxygen atoms in total. The average molecular weight is 561 g/mol. The monoisotopic (exact) mass is 560 g/mol. The topological polar surface area (TPSA) is 76.8 Å². The highest BCUT2D eigenvalue weighted by Crippen LogP contribution is 2.26. The second-order valence-corrected chi connectivity index (χ2v) is 8.19. The van der Waals surface area contributed by atoms with Crippen molar-refractivity contribution < 1.29 is 9.47 Å². The van der Waals surface area contributed by atoms with Gasteiger partial charge in [0.15, 0.2) is 11.8 Å². The van der Waals surface area contributed by atoms with E-state index in [2.05, 4.69) is 20.4 Å². The zero-order valence-electron chi connectivity index (χ0n) is 18.0. The summed E-state index contributed by atoms with van der Waals surface area (Å²) in [4.78, 5) is 7.08. The Bertz CT molecular complexity index is 887. The van der Waals surface area contributed by atoms with Crippen molar-refractivity contribution in [2.45, 2.75) is 44.9 Å². The Morgan fingerprint density at radius 1 is 1.32 bits per heavy atom. The van der Waals surface area contributed by atoms with Gasteiger partial charge in [-0.1, -0.05) is 23.7 Å². The fraction of sp³-hybridized carbons (Fsp3) is 0.571. The predicted molar refractivity (Wildman–Crippen MR) is 131 cm³/mol. The van der Waals surface area contributed by atoms with E-state index in [1.54, 1.807) is 0 Å². The standard InChI is InChI=1S/C21H29ClN6O2.HI/c1-15-25-26-20(27(15)2)13-24-21(23-12-16-6-5-11-29-16)28-10-9-17(14-28)30-19-8-4-3-7-18(19)22;/h3-4,7-8,16-17H,5-6,9-14H2,1-2H3,(H,23,24);1H. The lowest BCUT2D eigenvalue weighted by atomic mass is 10.2. The van der Waals surface area contributed by atoms with E-state index in [-0.39, 0.29) is 36.2 Å². The molecule has 0 radical (unpaired) electrons. The smallest absolute Gasteiger partial charge is 0.194 e. The predicted octanol–water partition coefficient (Wildman–Crippen LogP) is 3.17. The number of nitrogens with zero attached hydrogens (tertiary/aromatic N) is 5. The van der Waals surface area contributed by atoms with Gasteiger partial charge < -0.3 is 24.3 Å². The van der Waals surface area contributed by atoms with Crippen molar-refractivity contribution in [1.82, 2.24) is 25.0 Å². The second kappa shape index (κ2) is 11.3. The van der Waals surface area contributed by atoms with Crippen LogP contribution in [-0.2, 0) is 18.3 Å². The van der Waals surface area contributed by atoms with Gasteiger partial charge in [0.2, 0.25) is 0 Å². The molecule has 2 aliphatic heterocycles. The van der Waals surface area contributed by atoms with Gasteiger partial charge in [-0.3, -0.25) is 0 Å². The summed E-state index contributed by atoms with van der Waals surface area (Å²) in [5.74, 6) is 3.30. The quantitative estimate of drug-likeness (QED) is 0.332. The number of aliphatic imine (C=N–C) groups is 1. The molecular formula is C21H30ClIN6O2. The fourth-order valence-corrected chi connectivity index (χ4v) is 3.93. The lowest BCUT2D eigenvalue weighted by Crippen LogP contribution is -2.43. The zero-order chi connectivity index (χ0) is 20.9. The van der Waals surface area contributed by atoms with Gasteiger partial charge in [0.05, 0.1) is 17.7 Å². The number of hydrogen-bond donors (Lipinski definition) is 1. The number of ether oxygens (including phenoxy) is 2. The minimum atomic E-state index is 0. The van der Waals surface area contributed by atoms with Crippen LogP contribution in [0.3, 0.4) is 0 Å². The number of para-hydroxylation sites is 1. The number of benzene rings is 1. The highest BCUT2D eigenvalue weighted by Gasteiger charge is 2.28. The summed E-state index contributed by atoms with van der Waals surface area (Å²) >= 11 is 6.25. The third kappa shape index (κ3) is 6.23. The molecule has 1 N–H and O–H groups in total. The molecular weight excluding hydrogens is 531 g/mol.